The summed E-state index contributed by atoms with van der Waals surface area (Å²) < 4.78 is 0. The number of carbonyl (C=O) groups excluding carboxylic acids is 3. The Bertz CT molecular complexity index is 395. The summed E-state index contributed by atoms with van der Waals surface area (Å²) >= 11 is 0. The summed E-state index contributed by atoms with van der Waals surface area (Å²) in [6.07, 6.45) is 8.27. The number of allylic oxidation sites excluding steroid dienone is 4. The van der Waals surface area contributed by atoms with Gasteiger partial charge < -0.3 is 14.4 Å². The van der Waals surface area contributed by atoms with Gasteiger partial charge in [-0.15, -0.1) is 12.0 Å². The minimum absolute atomic E-state index is 0. The summed E-state index contributed by atoms with van der Waals surface area (Å²) in [4.78, 5) is 24.0. The maximum absolute atomic E-state index is 8.00. The van der Waals surface area contributed by atoms with Crippen LogP contribution in [0, 0.1) is 13.0 Å². The molecule has 0 aliphatic heterocycles. The first-order valence-electron chi connectivity index (χ1n) is 5.06. The number of carbonyl (C=O) groups is 3. The second-order valence-corrected chi connectivity index (χ2v) is 3.11. The van der Waals surface area contributed by atoms with Gasteiger partial charge in [-0.3, -0.25) is 6.08 Å². The molecule has 2 rings (SSSR count). The van der Waals surface area contributed by atoms with Gasteiger partial charge >= 0.3 is 0 Å². The van der Waals surface area contributed by atoms with Crippen LogP contribution in [0.5, 0.6) is 0 Å². The number of rotatable bonds is 1. The Morgan fingerprint density at radius 2 is 1.63 bits per heavy atom. The third-order valence-corrected chi connectivity index (χ3v) is 2.08. The fourth-order valence-corrected chi connectivity index (χ4v) is 1.43. The molecule has 0 radical (unpaired) electrons. The summed E-state index contributed by atoms with van der Waals surface area (Å²) in [5.74, 6) is 0. The van der Waals surface area contributed by atoms with Crippen molar-refractivity contribution in [3.05, 3.63) is 53.6 Å². The Balaban J connectivity index is -0.000000325. The monoisotopic (exact) mass is 301 g/mol. The second kappa shape index (κ2) is 16.2. The Morgan fingerprint density at radius 1 is 1.05 bits per heavy atom. The molecule has 0 unspecified atom stereocenters. The molecule has 0 spiro atoms. The van der Waals surface area contributed by atoms with Crippen molar-refractivity contribution in [3.8, 4) is 0 Å². The van der Waals surface area contributed by atoms with E-state index in [2.05, 4.69) is 43.3 Å². The summed E-state index contributed by atoms with van der Waals surface area (Å²) in [6, 6.07) is 8.59. The summed E-state index contributed by atoms with van der Waals surface area (Å²) in [5.41, 5.74) is 4.02. The van der Waals surface area contributed by atoms with Crippen LogP contribution in [0.2, 0.25) is 0 Å². The van der Waals surface area contributed by atoms with Gasteiger partial charge in [0, 0.05) is 17.1 Å². The standard InChI is InChI=1S/C12H11.3CH2O.Fe/c1-10-5-4-8-12(9-10)11-6-2-3-7-11;3*1-2;/h2,4-6,8-9H,7H2,1H3;3*1H2;/q-1;;;;. The van der Waals surface area contributed by atoms with E-state index in [1.165, 1.54) is 16.7 Å². The van der Waals surface area contributed by atoms with Gasteiger partial charge in [0.05, 0.1) is 0 Å². The first-order chi connectivity index (χ1) is 8.86. The molecule has 0 saturated heterocycles. The Hall–Kier alpha value is -1.77. The minimum Gasteiger partial charge on any atom is -0.307 e. The Morgan fingerprint density at radius 3 is 2.05 bits per heavy atom. The van der Waals surface area contributed by atoms with Crippen molar-refractivity contribution in [1.29, 1.82) is 0 Å². The third kappa shape index (κ3) is 8.89. The molecular formula is C15H17FeO3-. The summed E-state index contributed by atoms with van der Waals surface area (Å²) in [6.45, 7) is 8.12. The molecule has 0 amide bonds. The van der Waals surface area contributed by atoms with Gasteiger partial charge in [0.25, 0.3) is 0 Å². The number of hydrogen-bond donors (Lipinski definition) is 0. The zero-order valence-corrected chi connectivity index (χ0v) is 12.0. The average molecular weight is 301 g/mol. The Labute approximate surface area is 124 Å². The SMILES string of the molecule is C=O.C=O.C=O.Cc1cccc(C2=CC=[C-]C2)c1.[Fe]. The van der Waals surface area contributed by atoms with Crippen LogP contribution in [0.4, 0.5) is 0 Å². The quantitative estimate of drug-likeness (QED) is 0.592. The van der Waals surface area contributed by atoms with E-state index in [1.54, 1.807) is 0 Å². The fourth-order valence-electron chi connectivity index (χ4n) is 1.43. The van der Waals surface area contributed by atoms with Crippen molar-refractivity contribution in [3.63, 3.8) is 0 Å². The zero-order chi connectivity index (χ0) is 14.4. The molecule has 104 valence electrons. The topological polar surface area (TPSA) is 51.2 Å². The van der Waals surface area contributed by atoms with Gasteiger partial charge in [0.2, 0.25) is 0 Å². The van der Waals surface area contributed by atoms with E-state index in [-0.39, 0.29) is 17.1 Å². The molecule has 0 fully saturated rings. The molecule has 0 saturated carbocycles. The van der Waals surface area contributed by atoms with Crippen molar-refractivity contribution in [2.45, 2.75) is 13.3 Å². The predicted molar refractivity (Wildman–Crippen MR) is 72.9 cm³/mol. The third-order valence-electron chi connectivity index (χ3n) is 2.08. The molecule has 0 aromatic heterocycles. The molecule has 1 aliphatic rings. The fraction of sp³-hybridized carbons (Fsp3) is 0.133. The maximum atomic E-state index is 8.00. The molecule has 19 heavy (non-hydrogen) atoms. The van der Waals surface area contributed by atoms with Crippen molar-refractivity contribution >= 4 is 25.9 Å². The van der Waals surface area contributed by atoms with Crippen LogP contribution in [0.1, 0.15) is 17.5 Å². The van der Waals surface area contributed by atoms with Gasteiger partial charge in [-0.2, -0.15) is 0 Å². The number of hydrogen-bond acceptors (Lipinski definition) is 3. The van der Waals surface area contributed by atoms with E-state index in [9.17, 15) is 0 Å². The largest absolute Gasteiger partial charge is 0.307 e. The first-order valence-corrected chi connectivity index (χ1v) is 5.06. The molecule has 0 N–H and O–H groups in total. The molecule has 1 aliphatic carbocycles. The first kappa shape index (κ1) is 22.4. The molecule has 1 aromatic rings. The molecule has 0 heterocycles. The van der Waals surface area contributed by atoms with E-state index in [1.807, 2.05) is 26.4 Å². The molecule has 4 heteroatoms. The predicted octanol–water partition coefficient (Wildman–Crippen LogP) is 2.58. The molecule has 0 atom stereocenters. The second-order valence-electron chi connectivity index (χ2n) is 3.11. The minimum atomic E-state index is 0. The normalized spacial score (nSPS) is 10.1. The van der Waals surface area contributed by atoms with Gasteiger partial charge in [0.1, 0.15) is 20.4 Å². The van der Waals surface area contributed by atoms with Gasteiger partial charge in [0.15, 0.2) is 0 Å². The Kier molecular flexibility index (Phi) is 19.1. The molecule has 3 nitrogen and oxygen atoms in total. The van der Waals surface area contributed by atoms with Crippen molar-refractivity contribution in [2.24, 2.45) is 0 Å². The van der Waals surface area contributed by atoms with E-state index < -0.39 is 0 Å². The number of aryl methyl sites for hydroxylation is 1. The van der Waals surface area contributed by atoms with Crippen molar-refractivity contribution in [1.82, 2.24) is 0 Å². The van der Waals surface area contributed by atoms with Crippen LogP contribution < -0.4 is 0 Å². The summed E-state index contributed by atoms with van der Waals surface area (Å²) in [7, 11) is 0. The van der Waals surface area contributed by atoms with Gasteiger partial charge in [-0.1, -0.05) is 29.8 Å². The summed E-state index contributed by atoms with van der Waals surface area (Å²) in [5, 5.41) is 0. The van der Waals surface area contributed by atoms with Crippen LogP contribution in [-0.2, 0) is 31.5 Å². The van der Waals surface area contributed by atoms with Crippen LogP contribution >= 0.6 is 0 Å². The van der Waals surface area contributed by atoms with Crippen molar-refractivity contribution < 1.29 is 31.5 Å². The van der Waals surface area contributed by atoms with E-state index in [0.29, 0.717) is 0 Å². The van der Waals surface area contributed by atoms with E-state index in [4.69, 9.17) is 14.4 Å². The van der Waals surface area contributed by atoms with Crippen LogP contribution in [0.25, 0.3) is 5.57 Å². The van der Waals surface area contributed by atoms with E-state index >= 15 is 0 Å². The molecule has 0 bridgehead atoms. The van der Waals surface area contributed by atoms with E-state index in [0.717, 1.165) is 6.42 Å². The van der Waals surface area contributed by atoms with Crippen LogP contribution in [-0.4, -0.2) is 20.4 Å². The van der Waals surface area contributed by atoms with Gasteiger partial charge in [-0.05, 0) is 12.5 Å². The molecular weight excluding hydrogens is 284 g/mol. The zero-order valence-electron chi connectivity index (χ0n) is 10.9. The van der Waals surface area contributed by atoms with Crippen LogP contribution in [0.15, 0.2) is 36.4 Å². The average Bonchev–Trinajstić information content (AvgIpc) is 3.00. The smallest absolute Gasteiger partial charge is 0.106 e. The number of benzene rings is 1. The van der Waals surface area contributed by atoms with Gasteiger partial charge in [-0.25, -0.2) is 12.2 Å². The van der Waals surface area contributed by atoms with Crippen molar-refractivity contribution in [2.75, 3.05) is 0 Å². The molecule has 1 aromatic carbocycles. The van der Waals surface area contributed by atoms with Crippen LogP contribution in [0.3, 0.4) is 0 Å². The maximum Gasteiger partial charge on any atom is 0.106 e.